The van der Waals surface area contributed by atoms with E-state index in [2.05, 4.69) is 228 Å². The third-order valence-electron chi connectivity index (χ3n) is 10.2. The summed E-state index contributed by atoms with van der Waals surface area (Å²) in [7, 11) is 24.8. The first-order valence-corrected chi connectivity index (χ1v) is 22.2. The predicted molar refractivity (Wildman–Crippen MR) is 265 cm³/mol. The lowest BCUT2D eigenvalue weighted by Crippen LogP contribution is -2.21. The number of nitrogens with zero attached hydrogens (tertiary/aromatic N) is 8. The van der Waals surface area contributed by atoms with Crippen molar-refractivity contribution in [3.8, 4) is 21.1 Å². The number of benzene rings is 6. The molecule has 4 aromatic rings. The molecule has 60 heavy (non-hydrogen) atoms. The van der Waals surface area contributed by atoms with Gasteiger partial charge in [0.15, 0.2) is 0 Å². The molecule has 12 heteroatoms. The van der Waals surface area contributed by atoms with Crippen LogP contribution in [-0.2, 0) is 0 Å². The Morgan fingerprint density at radius 1 is 0.450 bits per heavy atom. The fourth-order valence-electron chi connectivity index (χ4n) is 6.53. The van der Waals surface area contributed by atoms with Gasteiger partial charge in [0.05, 0.1) is 53.0 Å². The average Bonchev–Trinajstić information content (AvgIpc) is 3.23. The van der Waals surface area contributed by atoms with Gasteiger partial charge in [-0.3, -0.25) is 0 Å². The molecule has 5 aliphatic rings. The van der Waals surface area contributed by atoms with Crippen molar-refractivity contribution in [1.29, 1.82) is 0 Å². The van der Waals surface area contributed by atoms with E-state index in [0.29, 0.717) is 0 Å². The number of aromatic nitrogens is 2. The third kappa shape index (κ3) is 9.51. The molecule has 0 radical (unpaired) electrons. The first-order valence-electron chi connectivity index (χ1n) is 19.8. The highest BCUT2D eigenvalue weighted by atomic mass is 32.2. The fourth-order valence-corrected chi connectivity index (χ4v) is 9.65. The average molecular weight is 855 g/mol. The largest absolute Gasteiger partial charge is 1.00 e. The van der Waals surface area contributed by atoms with Crippen molar-refractivity contribution in [3.05, 3.63) is 120 Å². The highest BCUT2D eigenvalue weighted by molar-refractivity contribution is 7.99. The lowest BCUT2D eigenvalue weighted by atomic mass is 10.2. The molecule has 308 valence electrons. The molecule has 0 bridgehead atoms. The molecule has 0 aromatic heterocycles. The molecule has 0 spiro atoms. The van der Waals surface area contributed by atoms with Crippen molar-refractivity contribution in [2.24, 2.45) is 0 Å². The molecule has 2 aliphatic carbocycles. The fraction of sp³-hybridized carbons (Fsp3) is 0.250. The lowest BCUT2D eigenvalue weighted by Gasteiger charge is -2.24. The summed E-state index contributed by atoms with van der Waals surface area (Å²) in [5.41, 5.74) is 11.5. The van der Waals surface area contributed by atoms with E-state index in [0.717, 1.165) is 22.4 Å². The van der Waals surface area contributed by atoms with Crippen molar-refractivity contribution in [2.75, 3.05) is 109 Å². The van der Waals surface area contributed by atoms with Crippen molar-refractivity contribution in [2.45, 2.75) is 9.79 Å². The smallest absolute Gasteiger partial charge is 0.378 e. The van der Waals surface area contributed by atoms with Gasteiger partial charge in [0.25, 0.3) is 0 Å². The van der Waals surface area contributed by atoms with E-state index in [1.54, 1.807) is 22.7 Å². The van der Waals surface area contributed by atoms with Gasteiger partial charge in [-0.05, 0) is 84.9 Å². The first-order chi connectivity index (χ1) is 28.6. The Bertz CT molecular complexity index is 2710. The van der Waals surface area contributed by atoms with Crippen LogP contribution in [0.15, 0.2) is 119 Å². The SMILES string of the molecule is CN(C)c1ccc2c(c1)Sc1cc(N(C)C)ccc1N2.CN(C)c1ccc2nc3ccc(=[N+](C)C)cc-3sc2c1.CN(C)c1ccc2nc3ccc(=[N+](C)C)cc-3sc2c1.[H+]. The quantitative estimate of drug-likeness (QED) is 0.139. The molecule has 0 saturated heterocycles. The number of hydrogen-bond donors (Lipinski definition) is 1. The molecule has 3 aliphatic heterocycles. The Labute approximate surface area is 368 Å². The van der Waals surface area contributed by atoms with Crippen LogP contribution in [0.5, 0.6) is 0 Å². The van der Waals surface area contributed by atoms with Gasteiger partial charge in [-0.15, -0.1) is 22.7 Å². The zero-order valence-electron chi connectivity index (χ0n) is 37.7. The van der Waals surface area contributed by atoms with Crippen LogP contribution in [0.4, 0.5) is 34.1 Å². The van der Waals surface area contributed by atoms with Crippen molar-refractivity contribution in [1.82, 2.24) is 19.1 Å². The summed E-state index contributed by atoms with van der Waals surface area (Å²) >= 11 is 5.43. The van der Waals surface area contributed by atoms with Gasteiger partial charge in [0, 0.05) is 113 Å². The van der Waals surface area contributed by atoms with Crippen molar-refractivity contribution in [3.63, 3.8) is 0 Å². The summed E-state index contributed by atoms with van der Waals surface area (Å²) in [5, 5.41) is 5.93. The van der Waals surface area contributed by atoms with Gasteiger partial charge in [0.2, 0.25) is 10.7 Å². The van der Waals surface area contributed by atoms with E-state index >= 15 is 0 Å². The molecule has 4 aromatic carbocycles. The Morgan fingerprint density at radius 2 is 0.817 bits per heavy atom. The van der Waals surface area contributed by atoms with Gasteiger partial charge in [-0.2, -0.15) is 0 Å². The molecule has 1 N–H and O–H groups in total. The molecule has 0 atom stereocenters. The Balaban J connectivity index is 0.000000152. The highest BCUT2D eigenvalue weighted by Gasteiger charge is 2.17. The van der Waals surface area contributed by atoms with E-state index in [-0.39, 0.29) is 1.43 Å². The zero-order chi connectivity index (χ0) is 42.8. The third-order valence-corrected chi connectivity index (χ3v) is 13.5. The van der Waals surface area contributed by atoms with Crippen LogP contribution in [0.2, 0.25) is 0 Å². The molecule has 0 unspecified atom stereocenters. The van der Waals surface area contributed by atoms with Crippen LogP contribution in [0.3, 0.4) is 0 Å². The van der Waals surface area contributed by atoms with E-state index < -0.39 is 0 Å². The summed E-state index contributed by atoms with van der Waals surface area (Å²) in [6, 6.07) is 38.7. The standard InChI is InChI=1S/C16H19N3S.2C16H18N3S/c3*1-18(2)11-5-7-13-15(9-11)20-16-10-12(19(3)4)6-8-14(16)17-13/h5-10,17H,1-4H3;2*5-10H,1-4H3/q;2*+1/p+1. The van der Waals surface area contributed by atoms with Gasteiger partial charge < -0.3 is 24.9 Å². The monoisotopic (exact) mass is 854 g/mol. The van der Waals surface area contributed by atoms with E-state index in [1.807, 2.05) is 11.8 Å². The molecule has 0 saturated carbocycles. The van der Waals surface area contributed by atoms with Gasteiger partial charge in [-0.1, -0.05) is 11.8 Å². The van der Waals surface area contributed by atoms with Gasteiger partial charge in [0.1, 0.15) is 28.2 Å². The van der Waals surface area contributed by atoms with Crippen molar-refractivity contribution >= 4 is 89.0 Å². The molecule has 0 fully saturated rings. The summed E-state index contributed by atoms with van der Waals surface area (Å²) in [4.78, 5) is 23.0. The Hall–Kier alpha value is -5.69. The molecule has 9 nitrogen and oxygen atoms in total. The van der Waals surface area contributed by atoms with Crippen LogP contribution < -0.4 is 44.8 Å². The maximum absolute atomic E-state index is 4.75. The minimum atomic E-state index is 0. The second kappa shape index (κ2) is 17.9. The molecule has 9 rings (SSSR count). The molecular formula is C48H56N9S3+3. The molecular weight excluding hydrogens is 799 g/mol. The predicted octanol–water partition coefficient (Wildman–Crippen LogP) is 9.14. The number of nitrogens with one attached hydrogen (secondary N) is 1. The second-order valence-electron chi connectivity index (χ2n) is 16.0. The lowest BCUT2D eigenvalue weighted by molar-refractivity contribution is 0.814. The Morgan fingerprint density at radius 3 is 1.18 bits per heavy atom. The minimum absolute atomic E-state index is 0. The topological polar surface area (TPSA) is 56.8 Å². The second-order valence-corrected chi connectivity index (χ2v) is 19.2. The van der Waals surface area contributed by atoms with Gasteiger partial charge in [-0.25, -0.2) is 19.1 Å². The van der Waals surface area contributed by atoms with Gasteiger partial charge >= 0.3 is 1.43 Å². The molecule has 3 heterocycles. The normalized spacial score (nSPS) is 11.4. The maximum Gasteiger partial charge on any atom is 1.00 e. The van der Waals surface area contributed by atoms with Crippen LogP contribution in [0.1, 0.15) is 1.43 Å². The number of anilines is 6. The highest BCUT2D eigenvalue weighted by Crippen LogP contribution is 2.46. The summed E-state index contributed by atoms with van der Waals surface area (Å²) in [6.07, 6.45) is 0. The first kappa shape index (κ1) is 42.4. The number of fused-ring (bicyclic) bond motifs is 6. The van der Waals surface area contributed by atoms with E-state index in [1.165, 1.54) is 73.8 Å². The van der Waals surface area contributed by atoms with Crippen molar-refractivity contribution < 1.29 is 1.43 Å². The maximum atomic E-state index is 4.75. The summed E-state index contributed by atoms with van der Waals surface area (Å²) in [6.45, 7) is 0. The Kier molecular flexibility index (Phi) is 12.6. The number of hydrogen-bond acceptors (Lipinski definition) is 10. The number of rotatable bonds is 4. The van der Waals surface area contributed by atoms with Crippen LogP contribution >= 0.6 is 34.4 Å². The van der Waals surface area contributed by atoms with E-state index in [4.69, 9.17) is 9.97 Å². The van der Waals surface area contributed by atoms with Crippen LogP contribution in [-0.4, -0.2) is 94.5 Å². The zero-order valence-corrected chi connectivity index (χ0v) is 39.1. The summed E-state index contributed by atoms with van der Waals surface area (Å²) < 4.78 is 6.68. The van der Waals surface area contributed by atoms with E-state index in [9.17, 15) is 0 Å². The molecule has 0 amide bonds. The minimum Gasteiger partial charge on any atom is -0.378 e. The van der Waals surface area contributed by atoms with Crippen LogP contribution in [0, 0.1) is 0 Å². The summed E-state index contributed by atoms with van der Waals surface area (Å²) in [5.74, 6) is 0. The van der Waals surface area contributed by atoms with Crippen LogP contribution in [0.25, 0.3) is 41.6 Å².